The standard InChI is InChI=1S/C28H18BrClN2O4/c29-24-15-17(8-13-25(24)36-16-19-6-3-5-18-4-1-2-7-22(18)19)14-23-26(33)31-28(35)32(27(23)34)21-11-9-20(30)10-12-21/h1-15H,16H2,(H,31,33,35)/b23-14+. The third kappa shape index (κ3) is 4.76. The van der Waals surface area contributed by atoms with E-state index in [0.717, 1.165) is 21.2 Å². The molecule has 1 N–H and O–H groups in total. The van der Waals surface area contributed by atoms with E-state index in [9.17, 15) is 14.4 Å². The average molecular weight is 562 g/mol. The Morgan fingerprint density at radius 1 is 0.917 bits per heavy atom. The van der Waals surface area contributed by atoms with Crippen LogP contribution in [0, 0.1) is 0 Å². The molecule has 5 rings (SSSR count). The van der Waals surface area contributed by atoms with Gasteiger partial charge in [0.05, 0.1) is 10.2 Å². The number of urea groups is 1. The summed E-state index contributed by atoms with van der Waals surface area (Å²) in [7, 11) is 0. The lowest BCUT2D eigenvalue weighted by atomic mass is 10.1. The summed E-state index contributed by atoms with van der Waals surface area (Å²) in [5.74, 6) is -0.872. The second kappa shape index (κ2) is 9.97. The Hall–Kier alpha value is -3.94. The minimum atomic E-state index is -0.817. The van der Waals surface area contributed by atoms with E-state index in [2.05, 4.69) is 39.4 Å². The Bertz CT molecular complexity index is 1540. The van der Waals surface area contributed by atoms with Gasteiger partial charge in [-0.1, -0.05) is 60.1 Å². The zero-order valence-corrected chi connectivity index (χ0v) is 21.0. The summed E-state index contributed by atoms with van der Waals surface area (Å²) in [6.07, 6.45) is 1.44. The maximum absolute atomic E-state index is 13.1. The fourth-order valence-corrected chi connectivity index (χ4v) is 4.58. The van der Waals surface area contributed by atoms with Crippen LogP contribution in [0.3, 0.4) is 0 Å². The fraction of sp³-hybridized carbons (Fsp3) is 0.0357. The third-order valence-electron chi connectivity index (χ3n) is 5.72. The molecular formula is C28H18BrClN2O4. The molecule has 4 aromatic rings. The van der Waals surface area contributed by atoms with Gasteiger partial charge in [-0.15, -0.1) is 0 Å². The number of anilines is 1. The van der Waals surface area contributed by atoms with Crippen LogP contribution >= 0.6 is 27.5 Å². The minimum Gasteiger partial charge on any atom is -0.488 e. The number of amides is 4. The molecule has 1 heterocycles. The van der Waals surface area contributed by atoms with Gasteiger partial charge in [-0.05, 0) is 80.3 Å². The van der Waals surface area contributed by atoms with Crippen LogP contribution in [-0.2, 0) is 16.2 Å². The lowest BCUT2D eigenvalue weighted by Gasteiger charge is -2.26. The summed E-state index contributed by atoms with van der Waals surface area (Å²) in [6, 6.07) is 24.8. The van der Waals surface area contributed by atoms with Crippen molar-refractivity contribution in [3.8, 4) is 5.75 Å². The highest BCUT2D eigenvalue weighted by Crippen LogP contribution is 2.30. The van der Waals surface area contributed by atoms with E-state index in [1.54, 1.807) is 30.3 Å². The molecule has 36 heavy (non-hydrogen) atoms. The third-order valence-corrected chi connectivity index (χ3v) is 6.59. The van der Waals surface area contributed by atoms with Crippen molar-refractivity contribution in [2.24, 2.45) is 0 Å². The number of fused-ring (bicyclic) bond motifs is 1. The van der Waals surface area contributed by atoms with E-state index in [4.69, 9.17) is 16.3 Å². The molecule has 1 fully saturated rings. The van der Waals surface area contributed by atoms with Crippen molar-refractivity contribution in [1.29, 1.82) is 0 Å². The van der Waals surface area contributed by atoms with Gasteiger partial charge >= 0.3 is 6.03 Å². The van der Waals surface area contributed by atoms with Crippen molar-refractivity contribution in [2.75, 3.05) is 4.90 Å². The molecule has 0 radical (unpaired) electrons. The monoisotopic (exact) mass is 560 g/mol. The lowest BCUT2D eigenvalue weighted by Crippen LogP contribution is -2.54. The summed E-state index contributed by atoms with van der Waals surface area (Å²) >= 11 is 9.42. The van der Waals surface area contributed by atoms with Gasteiger partial charge < -0.3 is 4.74 Å². The van der Waals surface area contributed by atoms with Gasteiger partial charge in [-0.25, -0.2) is 9.69 Å². The van der Waals surface area contributed by atoms with Crippen LogP contribution in [0.4, 0.5) is 10.5 Å². The molecular weight excluding hydrogens is 544 g/mol. The molecule has 6 nitrogen and oxygen atoms in total. The molecule has 0 unspecified atom stereocenters. The van der Waals surface area contributed by atoms with Crippen LogP contribution in [-0.4, -0.2) is 17.8 Å². The summed E-state index contributed by atoms with van der Waals surface area (Å²) < 4.78 is 6.70. The Labute approximate surface area is 220 Å². The average Bonchev–Trinajstić information content (AvgIpc) is 2.87. The first-order chi connectivity index (χ1) is 17.4. The van der Waals surface area contributed by atoms with E-state index in [1.165, 1.54) is 18.2 Å². The Balaban J connectivity index is 1.37. The number of nitrogens with one attached hydrogen (secondary N) is 1. The van der Waals surface area contributed by atoms with E-state index in [-0.39, 0.29) is 5.57 Å². The number of hydrogen-bond acceptors (Lipinski definition) is 4. The molecule has 0 spiro atoms. The molecule has 0 bridgehead atoms. The highest BCUT2D eigenvalue weighted by molar-refractivity contribution is 9.10. The number of ether oxygens (including phenoxy) is 1. The minimum absolute atomic E-state index is 0.166. The van der Waals surface area contributed by atoms with Crippen molar-refractivity contribution < 1.29 is 19.1 Å². The second-order valence-electron chi connectivity index (χ2n) is 8.05. The zero-order chi connectivity index (χ0) is 25.2. The first-order valence-electron chi connectivity index (χ1n) is 11.0. The molecule has 0 atom stereocenters. The first kappa shape index (κ1) is 23.8. The molecule has 0 aliphatic carbocycles. The van der Waals surface area contributed by atoms with E-state index in [0.29, 0.717) is 33.1 Å². The smallest absolute Gasteiger partial charge is 0.335 e. The van der Waals surface area contributed by atoms with Crippen molar-refractivity contribution >= 4 is 67.9 Å². The van der Waals surface area contributed by atoms with Crippen LogP contribution in [0.25, 0.3) is 16.8 Å². The van der Waals surface area contributed by atoms with Gasteiger partial charge in [0.25, 0.3) is 11.8 Å². The van der Waals surface area contributed by atoms with Crippen molar-refractivity contribution in [3.63, 3.8) is 0 Å². The SMILES string of the molecule is O=C1NC(=O)N(c2ccc(Cl)cc2)C(=O)/C1=C/c1ccc(OCc2cccc3ccccc23)c(Br)c1. The predicted molar refractivity (Wildman–Crippen MR) is 143 cm³/mol. The van der Waals surface area contributed by atoms with Gasteiger partial charge in [0.15, 0.2) is 0 Å². The van der Waals surface area contributed by atoms with Gasteiger partial charge in [0.2, 0.25) is 0 Å². The summed E-state index contributed by atoms with van der Waals surface area (Å²) in [5, 5.41) is 4.94. The Morgan fingerprint density at radius 3 is 2.44 bits per heavy atom. The number of carbonyl (C=O) groups excluding carboxylic acids is 3. The molecule has 8 heteroatoms. The van der Waals surface area contributed by atoms with E-state index in [1.807, 2.05) is 24.3 Å². The highest BCUT2D eigenvalue weighted by Gasteiger charge is 2.36. The Morgan fingerprint density at radius 2 is 1.67 bits per heavy atom. The number of nitrogens with zero attached hydrogens (tertiary/aromatic N) is 1. The number of barbiturate groups is 1. The van der Waals surface area contributed by atoms with E-state index < -0.39 is 17.8 Å². The maximum atomic E-state index is 13.1. The number of halogens is 2. The van der Waals surface area contributed by atoms with E-state index >= 15 is 0 Å². The summed E-state index contributed by atoms with van der Waals surface area (Å²) in [5.41, 5.74) is 1.78. The number of benzene rings is 4. The van der Waals surface area contributed by atoms with Crippen LogP contribution in [0.5, 0.6) is 5.75 Å². The molecule has 178 valence electrons. The first-order valence-corrected chi connectivity index (χ1v) is 12.1. The summed E-state index contributed by atoms with van der Waals surface area (Å²) in [4.78, 5) is 38.8. The van der Waals surface area contributed by atoms with Gasteiger partial charge in [0.1, 0.15) is 17.9 Å². The topological polar surface area (TPSA) is 75.7 Å². The molecule has 1 aliphatic rings. The van der Waals surface area contributed by atoms with Crippen LogP contribution in [0.1, 0.15) is 11.1 Å². The largest absolute Gasteiger partial charge is 0.488 e. The maximum Gasteiger partial charge on any atom is 0.335 e. The lowest BCUT2D eigenvalue weighted by molar-refractivity contribution is -0.122. The van der Waals surface area contributed by atoms with Gasteiger partial charge in [-0.3, -0.25) is 14.9 Å². The molecule has 0 aromatic heterocycles. The number of rotatable bonds is 5. The normalized spacial score (nSPS) is 14.9. The molecule has 4 aromatic carbocycles. The number of carbonyl (C=O) groups is 3. The highest BCUT2D eigenvalue weighted by atomic mass is 79.9. The van der Waals surface area contributed by atoms with Gasteiger partial charge in [0, 0.05) is 5.02 Å². The zero-order valence-electron chi connectivity index (χ0n) is 18.7. The van der Waals surface area contributed by atoms with Crippen molar-refractivity contribution in [3.05, 3.63) is 111 Å². The predicted octanol–water partition coefficient (Wildman–Crippen LogP) is 6.50. The summed E-state index contributed by atoms with van der Waals surface area (Å²) in [6.45, 7) is 0.374. The van der Waals surface area contributed by atoms with Crippen LogP contribution in [0.15, 0.2) is 95.0 Å². The van der Waals surface area contributed by atoms with Crippen molar-refractivity contribution in [2.45, 2.75) is 6.61 Å². The molecule has 1 saturated heterocycles. The number of hydrogen-bond donors (Lipinski definition) is 1. The molecule has 4 amide bonds. The second-order valence-corrected chi connectivity index (χ2v) is 9.34. The number of imide groups is 2. The fourth-order valence-electron chi connectivity index (χ4n) is 3.95. The quantitative estimate of drug-likeness (QED) is 0.223. The van der Waals surface area contributed by atoms with Gasteiger partial charge in [-0.2, -0.15) is 0 Å². The Kier molecular flexibility index (Phi) is 6.59. The van der Waals surface area contributed by atoms with Crippen LogP contribution in [0.2, 0.25) is 5.02 Å². The van der Waals surface area contributed by atoms with Crippen molar-refractivity contribution in [1.82, 2.24) is 5.32 Å². The van der Waals surface area contributed by atoms with Crippen LogP contribution < -0.4 is 15.0 Å². The molecule has 1 aliphatic heterocycles. The molecule has 0 saturated carbocycles.